The molecular weight excluding hydrogens is 266 g/mol. The molecule has 1 N–H and O–H groups in total. The van der Waals surface area contributed by atoms with Crippen LogP contribution < -0.4 is 4.74 Å². The van der Waals surface area contributed by atoms with Crippen LogP contribution in [0.2, 0.25) is 0 Å². The molecule has 4 rings (SSSR count). The standard InChI is InChI=1S/C15H15N5O/c1-20-5-4-13-12(8-20)15(17-9-16-13)21-11-3-2-10-7-18-19-14(10)6-11/h2-3,6-7,9H,4-5,8H2,1H3,(H,18,19). The Morgan fingerprint density at radius 2 is 2.24 bits per heavy atom. The molecule has 0 unspecified atom stereocenters. The van der Waals surface area contributed by atoms with Crippen LogP contribution in [0.4, 0.5) is 0 Å². The van der Waals surface area contributed by atoms with Crippen LogP contribution in [0.3, 0.4) is 0 Å². The molecule has 1 aromatic carbocycles. The molecule has 21 heavy (non-hydrogen) atoms. The molecule has 1 aliphatic heterocycles. The maximum absolute atomic E-state index is 5.98. The van der Waals surface area contributed by atoms with Crippen molar-refractivity contribution in [3.05, 3.63) is 42.0 Å². The van der Waals surface area contributed by atoms with Crippen molar-refractivity contribution in [1.82, 2.24) is 25.1 Å². The minimum Gasteiger partial charge on any atom is -0.438 e. The fourth-order valence-corrected chi connectivity index (χ4v) is 2.63. The number of H-pyrrole nitrogens is 1. The van der Waals surface area contributed by atoms with Gasteiger partial charge < -0.3 is 9.64 Å². The molecule has 106 valence electrons. The molecule has 2 aromatic heterocycles. The van der Waals surface area contributed by atoms with Crippen LogP contribution in [0.25, 0.3) is 10.9 Å². The number of rotatable bonds is 2. The van der Waals surface area contributed by atoms with E-state index in [0.717, 1.165) is 47.4 Å². The van der Waals surface area contributed by atoms with Gasteiger partial charge in [-0.1, -0.05) is 0 Å². The molecule has 0 fully saturated rings. The maximum atomic E-state index is 5.98. The zero-order chi connectivity index (χ0) is 14.2. The van der Waals surface area contributed by atoms with Gasteiger partial charge in [0.2, 0.25) is 5.88 Å². The van der Waals surface area contributed by atoms with Crippen LogP contribution in [0, 0.1) is 0 Å². The Bertz CT molecular complexity index is 798. The fraction of sp³-hybridized carbons (Fsp3) is 0.267. The summed E-state index contributed by atoms with van der Waals surface area (Å²) in [6.45, 7) is 1.83. The largest absolute Gasteiger partial charge is 0.438 e. The number of aromatic amines is 1. The molecule has 0 amide bonds. The van der Waals surface area contributed by atoms with E-state index in [-0.39, 0.29) is 0 Å². The molecule has 0 radical (unpaired) electrons. The fourth-order valence-electron chi connectivity index (χ4n) is 2.63. The zero-order valence-electron chi connectivity index (χ0n) is 11.7. The molecule has 0 bridgehead atoms. The van der Waals surface area contributed by atoms with Gasteiger partial charge in [0.05, 0.1) is 23.0 Å². The lowest BCUT2D eigenvalue weighted by Crippen LogP contribution is -2.27. The summed E-state index contributed by atoms with van der Waals surface area (Å²) in [4.78, 5) is 10.9. The predicted molar refractivity (Wildman–Crippen MR) is 78.2 cm³/mol. The van der Waals surface area contributed by atoms with Gasteiger partial charge in [-0.25, -0.2) is 9.97 Å². The first-order valence-electron chi connectivity index (χ1n) is 6.92. The number of likely N-dealkylation sites (N-methyl/N-ethyl adjacent to an activating group) is 1. The van der Waals surface area contributed by atoms with Crippen LogP contribution in [0.1, 0.15) is 11.3 Å². The van der Waals surface area contributed by atoms with Crippen molar-refractivity contribution in [2.45, 2.75) is 13.0 Å². The molecule has 6 heteroatoms. The number of hydrogen-bond donors (Lipinski definition) is 1. The molecule has 6 nitrogen and oxygen atoms in total. The Balaban J connectivity index is 1.70. The second kappa shape index (κ2) is 4.82. The van der Waals surface area contributed by atoms with Crippen molar-refractivity contribution >= 4 is 10.9 Å². The molecular formula is C15H15N5O. The summed E-state index contributed by atoms with van der Waals surface area (Å²) in [5.41, 5.74) is 3.12. The number of ether oxygens (including phenoxy) is 1. The third-order valence-electron chi connectivity index (χ3n) is 3.78. The van der Waals surface area contributed by atoms with E-state index in [2.05, 4.69) is 32.1 Å². The highest BCUT2D eigenvalue weighted by Gasteiger charge is 2.20. The summed E-state index contributed by atoms with van der Waals surface area (Å²) in [5, 5.41) is 8.02. The monoisotopic (exact) mass is 281 g/mol. The second-order valence-electron chi connectivity index (χ2n) is 5.31. The van der Waals surface area contributed by atoms with Crippen molar-refractivity contribution in [3.63, 3.8) is 0 Å². The zero-order valence-corrected chi connectivity index (χ0v) is 11.7. The Labute approximate surface area is 121 Å². The average Bonchev–Trinajstić information content (AvgIpc) is 2.95. The van der Waals surface area contributed by atoms with Crippen molar-refractivity contribution in [2.24, 2.45) is 0 Å². The SMILES string of the molecule is CN1CCc2ncnc(Oc3ccc4cn[nH]c4c3)c2C1. The number of nitrogens with zero attached hydrogens (tertiary/aromatic N) is 4. The van der Waals surface area contributed by atoms with E-state index in [0.29, 0.717) is 5.88 Å². The third-order valence-corrected chi connectivity index (χ3v) is 3.78. The number of aromatic nitrogens is 4. The Morgan fingerprint density at radius 3 is 3.19 bits per heavy atom. The summed E-state index contributed by atoms with van der Waals surface area (Å²) in [7, 11) is 2.09. The van der Waals surface area contributed by atoms with Crippen molar-refractivity contribution < 1.29 is 4.74 Å². The van der Waals surface area contributed by atoms with Gasteiger partial charge >= 0.3 is 0 Å². The third kappa shape index (κ3) is 2.23. The van der Waals surface area contributed by atoms with Crippen LogP contribution in [0.15, 0.2) is 30.7 Å². The van der Waals surface area contributed by atoms with Crippen LogP contribution in [-0.4, -0.2) is 38.7 Å². The van der Waals surface area contributed by atoms with E-state index in [4.69, 9.17) is 4.74 Å². The van der Waals surface area contributed by atoms with Gasteiger partial charge in [-0.05, 0) is 19.2 Å². The normalized spacial score (nSPS) is 15.1. The lowest BCUT2D eigenvalue weighted by atomic mass is 10.1. The number of benzene rings is 1. The molecule has 0 spiro atoms. The van der Waals surface area contributed by atoms with E-state index in [1.807, 2.05) is 18.2 Å². The first kappa shape index (κ1) is 12.3. The average molecular weight is 281 g/mol. The van der Waals surface area contributed by atoms with E-state index < -0.39 is 0 Å². The lowest BCUT2D eigenvalue weighted by molar-refractivity contribution is 0.300. The van der Waals surface area contributed by atoms with Crippen molar-refractivity contribution in [2.75, 3.05) is 13.6 Å². The van der Waals surface area contributed by atoms with Crippen LogP contribution in [-0.2, 0) is 13.0 Å². The lowest BCUT2D eigenvalue weighted by Gasteiger charge is -2.25. The number of fused-ring (bicyclic) bond motifs is 2. The van der Waals surface area contributed by atoms with Gasteiger partial charge in [-0.3, -0.25) is 5.10 Å². The summed E-state index contributed by atoms with van der Waals surface area (Å²) in [6, 6.07) is 5.84. The second-order valence-corrected chi connectivity index (χ2v) is 5.31. The maximum Gasteiger partial charge on any atom is 0.227 e. The summed E-state index contributed by atoms with van der Waals surface area (Å²) < 4.78 is 5.98. The molecule has 3 heterocycles. The molecule has 0 atom stereocenters. The Hall–Kier alpha value is -2.47. The van der Waals surface area contributed by atoms with E-state index in [1.54, 1.807) is 12.5 Å². The molecule has 3 aromatic rings. The van der Waals surface area contributed by atoms with Gasteiger partial charge in [-0.2, -0.15) is 5.10 Å². The highest BCUT2D eigenvalue weighted by molar-refractivity contribution is 5.79. The highest BCUT2D eigenvalue weighted by Crippen LogP contribution is 2.29. The molecule has 1 aliphatic rings. The summed E-state index contributed by atoms with van der Waals surface area (Å²) >= 11 is 0. The van der Waals surface area contributed by atoms with Crippen LogP contribution >= 0.6 is 0 Å². The number of nitrogens with one attached hydrogen (secondary N) is 1. The molecule has 0 saturated heterocycles. The smallest absolute Gasteiger partial charge is 0.227 e. The van der Waals surface area contributed by atoms with Crippen molar-refractivity contribution in [3.8, 4) is 11.6 Å². The van der Waals surface area contributed by atoms with E-state index in [1.165, 1.54) is 0 Å². The van der Waals surface area contributed by atoms with Gasteiger partial charge in [0.25, 0.3) is 0 Å². The van der Waals surface area contributed by atoms with Gasteiger partial charge in [0.15, 0.2) is 0 Å². The minimum absolute atomic E-state index is 0.644. The van der Waals surface area contributed by atoms with E-state index >= 15 is 0 Å². The summed E-state index contributed by atoms with van der Waals surface area (Å²) in [6.07, 6.45) is 4.30. The van der Waals surface area contributed by atoms with Gasteiger partial charge in [0.1, 0.15) is 12.1 Å². The first-order chi connectivity index (χ1) is 10.3. The van der Waals surface area contributed by atoms with Crippen LogP contribution in [0.5, 0.6) is 11.6 Å². The van der Waals surface area contributed by atoms with Gasteiger partial charge in [-0.15, -0.1) is 0 Å². The minimum atomic E-state index is 0.644. The van der Waals surface area contributed by atoms with Gasteiger partial charge in [0, 0.05) is 31.0 Å². The first-order valence-corrected chi connectivity index (χ1v) is 6.92. The Kier molecular flexibility index (Phi) is 2.82. The Morgan fingerprint density at radius 1 is 1.29 bits per heavy atom. The highest BCUT2D eigenvalue weighted by atomic mass is 16.5. The quantitative estimate of drug-likeness (QED) is 0.779. The van der Waals surface area contributed by atoms with Crippen molar-refractivity contribution in [1.29, 1.82) is 0 Å². The molecule has 0 saturated carbocycles. The number of hydrogen-bond acceptors (Lipinski definition) is 5. The molecule has 0 aliphatic carbocycles. The predicted octanol–water partition coefficient (Wildman–Crippen LogP) is 2.13. The van der Waals surface area contributed by atoms with E-state index in [9.17, 15) is 0 Å². The topological polar surface area (TPSA) is 66.9 Å². The summed E-state index contributed by atoms with van der Waals surface area (Å²) in [5.74, 6) is 1.39.